The van der Waals surface area contributed by atoms with Crippen LogP contribution in [-0.2, 0) is 0 Å². The molecule has 6 heteroatoms. The van der Waals surface area contributed by atoms with Crippen molar-refractivity contribution in [2.24, 2.45) is 0 Å². The molecule has 0 radical (unpaired) electrons. The van der Waals surface area contributed by atoms with E-state index in [0.717, 1.165) is 15.8 Å². The summed E-state index contributed by atoms with van der Waals surface area (Å²) in [6.07, 6.45) is 0. The first-order valence-corrected chi connectivity index (χ1v) is 7.83. The number of benzene rings is 2. The fourth-order valence-corrected chi connectivity index (χ4v) is 3.23. The van der Waals surface area contributed by atoms with Gasteiger partial charge >= 0.3 is 0 Å². The number of rotatable bonds is 4. The Morgan fingerprint density at radius 2 is 1.91 bits per heavy atom. The highest BCUT2D eigenvalue weighted by Gasteiger charge is 2.13. The zero-order valence-electron chi connectivity index (χ0n) is 13.0. The van der Waals surface area contributed by atoms with E-state index in [4.69, 9.17) is 9.47 Å². The van der Waals surface area contributed by atoms with Crippen molar-refractivity contribution in [2.75, 3.05) is 19.5 Å². The van der Waals surface area contributed by atoms with Crippen LogP contribution < -0.4 is 14.8 Å². The second-order valence-corrected chi connectivity index (χ2v) is 6.00. The van der Waals surface area contributed by atoms with Gasteiger partial charge in [0.25, 0.3) is 5.91 Å². The number of hydrogen-bond acceptors (Lipinski definition) is 5. The fraction of sp³-hybridized carbons (Fsp3) is 0.176. The summed E-state index contributed by atoms with van der Waals surface area (Å²) in [6, 6.07) is 11.0. The lowest BCUT2D eigenvalue weighted by atomic mass is 10.2. The van der Waals surface area contributed by atoms with E-state index in [1.54, 1.807) is 25.3 Å². The van der Waals surface area contributed by atoms with Crippen LogP contribution in [0.4, 0.5) is 5.13 Å². The quantitative estimate of drug-likeness (QED) is 0.790. The third-order valence-electron chi connectivity index (χ3n) is 3.49. The number of thiazole rings is 1. The Balaban J connectivity index is 1.87. The first kappa shape index (κ1) is 15.3. The molecule has 1 aromatic heterocycles. The van der Waals surface area contributed by atoms with Gasteiger partial charge in [-0.05, 0) is 36.8 Å². The molecule has 1 N–H and O–H groups in total. The number of amides is 1. The average molecular weight is 328 g/mol. The van der Waals surface area contributed by atoms with Crippen LogP contribution in [0.1, 0.15) is 15.9 Å². The summed E-state index contributed by atoms with van der Waals surface area (Å²) in [4.78, 5) is 16.9. The highest BCUT2D eigenvalue weighted by atomic mass is 32.1. The van der Waals surface area contributed by atoms with E-state index in [2.05, 4.69) is 10.3 Å². The molecular weight excluding hydrogens is 312 g/mol. The van der Waals surface area contributed by atoms with E-state index in [1.165, 1.54) is 18.4 Å². The van der Waals surface area contributed by atoms with Crippen LogP contribution in [0.3, 0.4) is 0 Å². The number of aryl methyl sites for hydroxylation is 1. The largest absolute Gasteiger partial charge is 0.493 e. The standard InChI is InChI=1S/C17H16N2O3S/c1-10-5-4-6-14-15(10)18-17(23-14)19-16(20)11-7-8-12(21-2)13(9-11)22-3/h4-9H,1-3H3,(H,18,19,20). The van der Waals surface area contributed by atoms with Gasteiger partial charge in [0.1, 0.15) is 0 Å². The van der Waals surface area contributed by atoms with Crippen molar-refractivity contribution >= 4 is 32.6 Å². The Kier molecular flexibility index (Phi) is 4.16. The molecule has 1 amide bonds. The van der Waals surface area contributed by atoms with Crippen molar-refractivity contribution in [2.45, 2.75) is 6.92 Å². The summed E-state index contributed by atoms with van der Waals surface area (Å²) >= 11 is 1.45. The fourth-order valence-electron chi connectivity index (χ4n) is 2.29. The van der Waals surface area contributed by atoms with Crippen LogP contribution >= 0.6 is 11.3 Å². The first-order chi connectivity index (χ1) is 11.1. The van der Waals surface area contributed by atoms with E-state index < -0.39 is 0 Å². The maximum absolute atomic E-state index is 12.4. The monoisotopic (exact) mass is 328 g/mol. The number of ether oxygens (including phenoxy) is 2. The van der Waals surface area contributed by atoms with Gasteiger partial charge in [-0.1, -0.05) is 23.5 Å². The number of para-hydroxylation sites is 1. The number of methoxy groups -OCH3 is 2. The van der Waals surface area contributed by atoms with Gasteiger partial charge in [0.05, 0.1) is 24.4 Å². The average Bonchev–Trinajstić information content (AvgIpc) is 2.98. The van der Waals surface area contributed by atoms with Gasteiger partial charge in [-0.15, -0.1) is 0 Å². The maximum Gasteiger partial charge on any atom is 0.257 e. The Bertz CT molecular complexity index is 873. The van der Waals surface area contributed by atoms with Gasteiger partial charge < -0.3 is 9.47 Å². The molecule has 23 heavy (non-hydrogen) atoms. The molecule has 0 saturated heterocycles. The third kappa shape index (κ3) is 2.98. The molecule has 0 bridgehead atoms. The van der Waals surface area contributed by atoms with Crippen LogP contribution in [0.5, 0.6) is 11.5 Å². The lowest BCUT2D eigenvalue weighted by molar-refractivity contribution is 0.102. The summed E-state index contributed by atoms with van der Waals surface area (Å²) in [5.74, 6) is 0.864. The summed E-state index contributed by atoms with van der Waals surface area (Å²) in [5, 5.41) is 3.41. The number of nitrogens with zero attached hydrogens (tertiary/aromatic N) is 1. The van der Waals surface area contributed by atoms with Gasteiger partial charge in [-0.3, -0.25) is 10.1 Å². The number of anilines is 1. The van der Waals surface area contributed by atoms with Crippen molar-refractivity contribution < 1.29 is 14.3 Å². The van der Waals surface area contributed by atoms with E-state index in [9.17, 15) is 4.79 Å². The highest BCUT2D eigenvalue weighted by Crippen LogP contribution is 2.30. The number of carbonyl (C=O) groups is 1. The van der Waals surface area contributed by atoms with Gasteiger partial charge in [0.15, 0.2) is 16.6 Å². The predicted molar refractivity (Wildman–Crippen MR) is 91.9 cm³/mol. The van der Waals surface area contributed by atoms with E-state index in [0.29, 0.717) is 22.2 Å². The zero-order valence-corrected chi connectivity index (χ0v) is 13.9. The molecule has 0 aliphatic rings. The molecule has 0 saturated carbocycles. The highest BCUT2D eigenvalue weighted by molar-refractivity contribution is 7.22. The minimum absolute atomic E-state index is 0.234. The molecule has 0 aliphatic carbocycles. The molecule has 0 aliphatic heterocycles. The van der Waals surface area contributed by atoms with Crippen molar-refractivity contribution in [3.8, 4) is 11.5 Å². The summed E-state index contributed by atoms with van der Waals surface area (Å²) < 4.78 is 11.4. The van der Waals surface area contributed by atoms with Crippen molar-refractivity contribution in [1.82, 2.24) is 4.98 Å². The first-order valence-electron chi connectivity index (χ1n) is 7.02. The summed E-state index contributed by atoms with van der Waals surface area (Å²) in [5.41, 5.74) is 2.49. The third-order valence-corrected chi connectivity index (χ3v) is 4.42. The van der Waals surface area contributed by atoms with Gasteiger partial charge in [0, 0.05) is 5.56 Å². The molecule has 0 unspecified atom stereocenters. The zero-order chi connectivity index (χ0) is 16.4. The predicted octanol–water partition coefficient (Wildman–Crippen LogP) is 3.87. The molecular formula is C17H16N2O3S. The van der Waals surface area contributed by atoms with Gasteiger partial charge in [-0.2, -0.15) is 0 Å². The number of nitrogens with one attached hydrogen (secondary N) is 1. The Hall–Kier alpha value is -2.60. The molecule has 2 aromatic carbocycles. The summed E-state index contributed by atoms with van der Waals surface area (Å²) in [6.45, 7) is 2.00. The molecule has 1 heterocycles. The second kappa shape index (κ2) is 6.26. The number of aromatic nitrogens is 1. The number of fused-ring (bicyclic) bond motifs is 1. The molecule has 3 rings (SSSR count). The SMILES string of the molecule is COc1ccc(C(=O)Nc2nc3c(C)cccc3s2)cc1OC. The number of hydrogen-bond donors (Lipinski definition) is 1. The minimum atomic E-state index is -0.234. The van der Waals surface area contributed by atoms with Crippen LogP contribution in [0.15, 0.2) is 36.4 Å². The molecule has 0 fully saturated rings. The van der Waals surface area contributed by atoms with E-state index in [1.807, 2.05) is 25.1 Å². The van der Waals surface area contributed by atoms with Gasteiger partial charge in [-0.25, -0.2) is 4.98 Å². The molecule has 118 valence electrons. The lowest BCUT2D eigenvalue weighted by Gasteiger charge is -2.09. The number of carbonyl (C=O) groups excluding carboxylic acids is 1. The van der Waals surface area contributed by atoms with Gasteiger partial charge in [0.2, 0.25) is 0 Å². The van der Waals surface area contributed by atoms with Crippen LogP contribution in [0.25, 0.3) is 10.2 Å². The minimum Gasteiger partial charge on any atom is -0.493 e. The topological polar surface area (TPSA) is 60.5 Å². The maximum atomic E-state index is 12.4. The van der Waals surface area contributed by atoms with E-state index >= 15 is 0 Å². The Morgan fingerprint density at radius 1 is 1.13 bits per heavy atom. The summed E-state index contributed by atoms with van der Waals surface area (Å²) in [7, 11) is 3.09. The smallest absolute Gasteiger partial charge is 0.257 e. The van der Waals surface area contributed by atoms with Crippen molar-refractivity contribution in [3.05, 3.63) is 47.5 Å². The van der Waals surface area contributed by atoms with Crippen LogP contribution in [0.2, 0.25) is 0 Å². The molecule has 3 aromatic rings. The van der Waals surface area contributed by atoms with Crippen molar-refractivity contribution in [1.29, 1.82) is 0 Å². The normalized spacial score (nSPS) is 10.6. The Morgan fingerprint density at radius 3 is 2.61 bits per heavy atom. The van der Waals surface area contributed by atoms with E-state index in [-0.39, 0.29) is 5.91 Å². The van der Waals surface area contributed by atoms with Crippen LogP contribution in [0, 0.1) is 6.92 Å². The lowest BCUT2D eigenvalue weighted by Crippen LogP contribution is -2.11. The molecule has 0 spiro atoms. The second-order valence-electron chi connectivity index (χ2n) is 4.96. The Labute approximate surface area is 137 Å². The molecule has 5 nitrogen and oxygen atoms in total. The molecule has 0 atom stereocenters. The van der Waals surface area contributed by atoms with Crippen molar-refractivity contribution in [3.63, 3.8) is 0 Å². The van der Waals surface area contributed by atoms with Crippen LogP contribution in [-0.4, -0.2) is 25.1 Å².